The Morgan fingerprint density at radius 2 is 2.13 bits per heavy atom. The molecule has 78 valence electrons. The molecule has 2 rings (SSSR count). The lowest BCUT2D eigenvalue weighted by atomic mass is 10.2. The SMILES string of the molecule is CCCn1c(=O)ccc2c(C)ccnc21. The average Bonchev–Trinajstić information content (AvgIpc) is 2.23. The van der Waals surface area contributed by atoms with E-state index in [-0.39, 0.29) is 5.56 Å². The van der Waals surface area contributed by atoms with Crippen LogP contribution in [0.25, 0.3) is 11.0 Å². The summed E-state index contributed by atoms with van der Waals surface area (Å²) in [6.07, 6.45) is 2.69. The Kier molecular flexibility index (Phi) is 2.54. The summed E-state index contributed by atoms with van der Waals surface area (Å²) >= 11 is 0. The average molecular weight is 202 g/mol. The molecule has 0 aliphatic rings. The van der Waals surface area contributed by atoms with Gasteiger partial charge in [0, 0.05) is 24.2 Å². The summed E-state index contributed by atoms with van der Waals surface area (Å²) < 4.78 is 1.74. The van der Waals surface area contributed by atoms with Gasteiger partial charge in [-0.05, 0) is 31.0 Å². The lowest BCUT2D eigenvalue weighted by Crippen LogP contribution is -2.19. The standard InChI is InChI=1S/C12H14N2O/c1-3-8-14-11(15)5-4-10-9(2)6-7-13-12(10)14/h4-7H,3,8H2,1-2H3. The second-order valence-corrected chi connectivity index (χ2v) is 3.69. The second kappa shape index (κ2) is 3.85. The number of nitrogens with zero attached hydrogens (tertiary/aromatic N) is 2. The Labute approximate surface area is 88.4 Å². The minimum atomic E-state index is 0.0300. The monoisotopic (exact) mass is 202 g/mol. The Bertz CT molecular complexity index is 543. The molecule has 2 aromatic rings. The Morgan fingerprint density at radius 3 is 2.87 bits per heavy atom. The van der Waals surface area contributed by atoms with Crippen molar-refractivity contribution in [3.8, 4) is 0 Å². The summed E-state index contributed by atoms with van der Waals surface area (Å²) in [5.41, 5.74) is 1.98. The number of aryl methyl sites for hydroxylation is 2. The summed E-state index contributed by atoms with van der Waals surface area (Å²) in [7, 11) is 0. The van der Waals surface area contributed by atoms with Crippen LogP contribution in [-0.4, -0.2) is 9.55 Å². The topological polar surface area (TPSA) is 34.9 Å². The van der Waals surface area contributed by atoms with Crippen LogP contribution in [0.2, 0.25) is 0 Å². The summed E-state index contributed by atoms with van der Waals surface area (Å²) in [5, 5.41) is 1.06. The Balaban J connectivity index is 2.81. The first-order valence-corrected chi connectivity index (χ1v) is 5.19. The molecule has 0 N–H and O–H groups in total. The predicted octanol–water partition coefficient (Wildman–Crippen LogP) is 2.11. The Hall–Kier alpha value is -1.64. The number of hydrogen-bond donors (Lipinski definition) is 0. The molecular weight excluding hydrogens is 188 g/mol. The highest BCUT2D eigenvalue weighted by atomic mass is 16.1. The third kappa shape index (κ3) is 1.65. The molecular formula is C12H14N2O. The van der Waals surface area contributed by atoms with E-state index in [2.05, 4.69) is 11.9 Å². The number of pyridine rings is 2. The maximum absolute atomic E-state index is 11.7. The van der Waals surface area contributed by atoms with Crippen molar-refractivity contribution in [2.24, 2.45) is 0 Å². The van der Waals surface area contributed by atoms with E-state index in [1.54, 1.807) is 16.8 Å². The van der Waals surface area contributed by atoms with E-state index in [1.807, 2.05) is 19.1 Å². The van der Waals surface area contributed by atoms with Crippen LogP contribution in [0.1, 0.15) is 18.9 Å². The van der Waals surface area contributed by atoms with Gasteiger partial charge in [0.15, 0.2) is 0 Å². The van der Waals surface area contributed by atoms with Gasteiger partial charge in [-0.1, -0.05) is 6.92 Å². The highest BCUT2D eigenvalue weighted by molar-refractivity contribution is 5.78. The number of aromatic nitrogens is 2. The van der Waals surface area contributed by atoms with Gasteiger partial charge in [0.05, 0.1) is 0 Å². The van der Waals surface area contributed by atoms with Crippen LogP contribution in [0.15, 0.2) is 29.2 Å². The van der Waals surface area contributed by atoms with E-state index >= 15 is 0 Å². The van der Waals surface area contributed by atoms with Gasteiger partial charge in [-0.3, -0.25) is 9.36 Å². The molecule has 0 amide bonds. The first-order chi connectivity index (χ1) is 7.24. The molecule has 15 heavy (non-hydrogen) atoms. The van der Waals surface area contributed by atoms with Crippen LogP contribution >= 0.6 is 0 Å². The quantitative estimate of drug-likeness (QED) is 0.747. The van der Waals surface area contributed by atoms with Gasteiger partial charge in [0.1, 0.15) is 5.65 Å². The van der Waals surface area contributed by atoms with Gasteiger partial charge in [0.2, 0.25) is 0 Å². The smallest absolute Gasteiger partial charge is 0.252 e. The third-order valence-corrected chi connectivity index (χ3v) is 2.55. The van der Waals surface area contributed by atoms with Crippen LogP contribution in [-0.2, 0) is 6.54 Å². The van der Waals surface area contributed by atoms with Crippen LogP contribution in [0.3, 0.4) is 0 Å². The first-order valence-electron chi connectivity index (χ1n) is 5.19. The van der Waals surface area contributed by atoms with Gasteiger partial charge in [-0.2, -0.15) is 0 Å². The molecule has 2 heterocycles. The van der Waals surface area contributed by atoms with E-state index in [0.717, 1.165) is 29.6 Å². The fourth-order valence-corrected chi connectivity index (χ4v) is 1.77. The van der Waals surface area contributed by atoms with E-state index in [1.165, 1.54) is 0 Å². The van der Waals surface area contributed by atoms with Crippen molar-refractivity contribution >= 4 is 11.0 Å². The van der Waals surface area contributed by atoms with Crippen molar-refractivity contribution in [1.82, 2.24) is 9.55 Å². The van der Waals surface area contributed by atoms with E-state index in [0.29, 0.717) is 0 Å². The zero-order chi connectivity index (χ0) is 10.8. The van der Waals surface area contributed by atoms with Gasteiger partial charge < -0.3 is 0 Å². The maximum Gasteiger partial charge on any atom is 0.252 e. The van der Waals surface area contributed by atoms with Crippen LogP contribution in [0.4, 0.5) is 0 Å². The minimum absolute atomic E-state index is 0.0300. The fourth-order valence-electron chi connectivity index (χ4n) is 1.77. The lowest BCUT2D eigenvalue weighted by molar-refractivity contribution is 0.672. The fraction of sp³-hybridized carbons (Fsp3) is 0.333. The summed E-state index contributed by atoms with van der Waals surface area (Å²) in [4.78, 5) is 15.9. The van der Waals surface area contributed by atoms with Gasteiger partial charge >= 0.3 is 0 Å². The molecule has 0 aromatic carbocycles. The van der Waals surface area contributed by atoms with Crippen LogP contribution in [0, 0.1) is 6.92 Å². The van der Waals surface area contributed by atoms with Crippen LogP contribution in [0.5, 0.6) is 0 Å². The van der Waals surface area contributed by atoms with Crippen LogP contribution < -0.4 is 5.56 Å². The zero-order valence-electron chi connectivity index (χ0n) is 9.03. The highest BCUT2D eigenvalue weighted by Crippen LogP contribution is 2.13. The third-order valence-electron chi connectivity index (χ3n) is 2.55. The summed E-state index contributed by atoms with van der Waals surface area (Å²) in [6, 6.07) is 5.43. The van der Waals surface area contributed by atoms with Crippen molar-refractivity contribution in [3.63, 3.8) is 0 Å². The van der Waals surface area contributed by atoms with Gasteiger partial charge in [-0.15, -0.1) is 0 Å². The maximum atomic E-state index is 11.7. The highest BCUT2D eigenvalue weighted by Gasteiger charge is 2.04. The van der Waals surface area contributed by atoms with E-state index in [4.69, 9.17) is 0 Å². The zero-order valence-corrected chi connectivity index (χ0v) is 9.03. The molecule has 3 heteroatoms. The number of rotatable bonds is 2. The molecule has 0 aliphatic carbocycles. The largest absolute Gasteiger partial charge is 0.293 e. The minimum Gasteiger partial charge on any atom is -0.293 e. The van der Waals surface area contributed by atoms with E-state index < -0.39 is 0 Å². The molecule has 0 spiro atoms. The van der Waals surface area contributed by atoms with Crippen molar-refractivity contribution in [2.45, 2.75) is 26.8 Å². The van der Waals surface area contributed by atoms with E-state index in [9.17, 15) is 4.79 Å². The normalized spacial score (nSPS) is 10.8. The van der Waals surface area contributed by atoms with Gasteiger partial charge in [0.25, 0.3) is 5.56 Å². The van der Waals surface area contributed by atoms with Gasteiger partial charge in [-0.25, -0.2) is 4.98 Å². The second-order valence-electron chi connectivity index (χ2n) is 3.69. The lowest BCUT2D eigenvalue weighted by Gasteiger charge is -2.08. The summed E-state index contributed by atoms with van der Waals surface area (Å²) in [6.45, 7) is 4.82. The molecule has 0 bridgehead atoms. The molecule has 3 nitrogen and oxygen atoms in total. The number of fused-ring (bicyclic) bond motifs is 1. The first kappa shape index (κ1) is 9.90. The van der Waals surface area contributed by atoms with Crippen molar-refractivity contribution in [2.75, 3.05) is 0 Å². The number of hydrogen-bond acceptors (Lipinski definition) is 2. The Morgan fingerprint density at radius 1 is 1.33 bits per heavy atom. The molecule has 0 atom stereocenters. The van der Waals surface area contributed by atoms with Crippen molar-refractivity contribution < 1.29 is 0 Å². The molecule has 0 radical (unpaired) electrons. The molecule has 0 saturated carbocycles. The van der Waals surface area contributed by atoms with Crippen molar-refractivity contribution in [3.05, 3.63) is 40.3 Å². The molecule has 0 saturated heterocycles. The van der Waals surface area contributed by atoms with Crippen molar-refractivity contribution in [1.29, 1.82) is 0 Å². The molecule has 0 fully saturated rings. The summed E-state index contributed by atoms with van der Waals surface area (Å²) in [5.74, 6) is 0. The molecule has 0 aliphatic heterocycles. The molecule has 2 aromatic heterocycles. The molecule has 0 unspecified atom stereocenters. The predicted molar refractivity (Wildman–Crippen MR) is 61.0 cm³/mol.